The normalized spacial score (nSPS) is 20.4. The maximum atomic E-state index is 13.1. The van der Waals surface area contributed by atoms with Crippen LogP contribution in [0.5, 0.6) is 0 Å². The second-order valence-corrected chi connectivity index (χ2v) is 10.1. The Morgan fingerprint density at radius 3 is 2.68 bits per heavy atom. The average molecular weight is 462 g/mol. The van der Waals surface area contributed by atoms with E-state index in [9.17, 15) is 18.0 Å². The summed E-state index contributed by atoms with van der Waals surface area (Å²) in [4.78, 5) is 26.5. The van der Waals surface area contributed by atoms with Crippen molar-refractivity contribution < 1.29 is 18.0 Å². The lowest BCUT2D eigenvalue weighted by Gasteiger charge is -2.32. The van der Waals surface area contributed by atoms with Crippen molar-refractivity contribution in [1.82, 2.24) is 23.3 Å². The Labute approximate surface area is 185 Å². The molecule has 1 aromatic heterocycles. The van der Waals surface area contributed by atoms with Gasteiger partial charge in [-0.05, 0) is 44.2 Å². The van der Waals surface area contributed by atoms with Crippen LogP contribution in [0.1, 0.15) is 26.2 Å². The number of hydrogen-bond acceptors (Lipinski definition) is 7. The van der Waals surface area contributed by atoms with E-state index in [2.05, 4.69) is 25.9 Å². The van der Waals surface area contributed by atoms with E-state index in [1.54, 1.807) is 30.0 Å². The Morgan fingerprint density at radius 1 is 1.16 bits per heavy atom. The predicted octanol–water partition coefficient (Wildman–Crippen LogP) is 0.832. The third kappa shape index (κ3) is 4.42. The number of likely N-dealkylation sites (tertiary alicyclic amines) is 1. The molecule has 1 atom stereocenters. The fraction of sp³-hybridized carbons (Fsp3) is 0.500. The van der Waals surface area contributed by atoms with Crippen molar-refractivity contribution in [1.29, 1.82) is 0 Å². The average Bonchev–Trinajstić information content (AvgIpc) is 3.42. The first-order valence-corrected chi connectivity index (χ1v) is 12.3. The Hall–Kier alpha value is -2.55. The number of sulfonamides is 1. The summed E-state index contributed by atoms with van der Waals surface area (Å²) in [5, 5.41) is 2.82. The van der Waals surface area contributed by atoms with E-state index in [-0.39, 0.29) is 41.8 Å². The first-order valence-electron chi connectivity index (χ1n) is 10.1. The van der Waals surface area contributed by atoms with Gasteiger partial charge >= 0.3 is 0 Å². The first-order chi connectivity index (χ1) is 14.9. The van der Waals surface area contributed by atoms with E-state index in [4.69, 9.17) is 0 Å². The lowest BCUT2D eigenvalue weighted by molar-refractivity contribution is -0.135. The zero-order valence-corrected chi connectivity index (χ0v) is 18.7. The molecule has 0 radical (unpaired) electrons. The fourth-order valence-corrected chi connectivity index (χ4v) is 6.37. The molecule has 0 bridgehead atoms. The molecular weight excluding hydrogens is 438 g/mol. The van der Waals surface area contributed by atoms with Crippen LogP contribution in [0.15, 0.2) is 23.1 Å². The van der Waals surface area contributed by atoms with Crippen LogP contribution >= 0.6 is 11.7 Å². The number of piperidine rings is 1. The molecule has 0 saturated carbocycles. The lowest BCUT2D eigenvalue weighted by atomic mass is 9.96. The molecule has 1 N–H and O–H groups in total. The fourth-order valence-electron chi connectivity index (χ4n) is 4.14. The van der Waals surface area contributed by atoms with Gasteiger partial charge in [-0.25, -0.2) is 8.42 Å². The Bertz CT molecular complexity index is 1160. The Kier molecular flexibility index (Phi) is 6.22. The van der Waals surface area contributed by atoms with E-state index < -0.39 is 10.0 Å². The van der Waals surface area contributed by atoms with Crippen LogP contribution in [0.4, 0.5) is 0 Å². The monoisotopic (exact) mass is 461 g/mol. The summed E-state index contributed by atoms with van der Waals surface area (Å²) in [6, 6.07) is 4.87. The molecular formula is C20H23N5O4S2. The largest absolute Gasteiger partial charge is 0.341 e. The molecule has 4 rings (SSSR count). The van der Waals surface area contributed by atoms with E-state index in [1.807, 2.05) is 0 Å². The molecule has 2 fully saturated rings. The molecule has 1 unspecified atom stereocenters. The summed E-state index contributed by atoms with van der Waals surface area (Å²) in [5.74, 6) is 4.49. The molecule has 2 saturated heterocycles. The van der Waals surface area contributed by atoms with Crippen LogP contribution < -0.4 is 5.32 Å². The number of nitrogens with one attached hydrogen (secondary N) is 1. The van der Waals surface area contributed by atoms with Gasteiger partial charge in [-0.2, -0.15) is 13.1 Å². The highest BCUT2D eigenvalue weighted by Crippen LogP contribution is 2.29. The number of fused-ring (bicyclic) bond motifs is 1. The van der Waals surface area contributed by atoms with Crippen LogP contribution in [0.25, 0.3) is 11.0 Å². The second-order valence-electron chi connectivity index (χ2n) is 7.68. The summed E-state index contributed by atoms with van der Waals surface area (Å²) < 4.78 is 36.0. The van der Waals surface area contributed by atoms with E-state index in [0.29, 0.717) is 43.4 Å². The number of amides is 2. The van der Waals surface area contributed by atoms with E-state index in [1.165, 1.54) is 4.31 Å². The molecule has 164 valence electrons. The molecule has 2 amide bonds. The minimum atomic E-state index is -3.70. The number of benzene rings is 1. The van der Waals surface area contributed by atoms with Gasteiger partial charge in [0.15, 0.2) is 0 Å². The van der Waals surface area contributed by atoms with Gasteiger partial charge in [0.25, 0.3) is 5.91 Å². The van der Waals surface area contributed by atoms with Gasteiger partial charge in [0.1, 0.15) is 15.9 Å². The highest BCUT2D eigenvalue weighted by atomic mass is 32.2. The molecule has 3 heterocycles. The molecule has 0 spiro atoms. The summed E-state index contributed by atoms with van der Waals surface area (Å²) in [7, 11) is -3.70. The number of rotatable bonds is 4. The highest BCUT2D eigenvalue weighted by Gasteiger charge is 2.36. The first kappa shape index (κ1) is 21.7. The highest BCUT2D eigenvalue weighted by molar-refractivity contribution is 7.89. The van der Waals surface area contributed by atoms with Crippen LogP contribution in [-0.4, -0.2) is 70.4 Å². The summed E-state index contributed by atoms with van der Waals surface area (Å²) in [6.45, 7) is 3.22. The minimum absolute atomic E-state index is 0.0289. The van der Waals surface area contributed by atoms with Crippen LogP contribution in [-0.2, 0) is 19.6 Å². The van der Waals surface area contributed by atoms with Crippen LogP contribution in [0.3, 0.4) is 0 Å². The molecule has 2 aromatic rings. The van der Waals surface area contributed by atoms with E-state index in [0.717, 1.165) is 11.7 Å². The second kappa shape index (κ2) is 8.90. The quantitative estimate of drug-likeness (QED) is 0.675. The molecule has 9 nitrogen and oxygen atoms in total. The lowest BCUT2D eigenvalue weighted by Crippen LogP contribution is -2.45. The molecule has 2 aliphatic rings. The number of carbonyl (C=O) groups is 2. The van der Waals surface area contributed by atoms with Crippen molar-refractivity contribution >= 4 is 44.6 Å². The van der Waals surface area contributed by atoms with Gasteiger partial charge in [0.2, 0.25) is 15.9 Å². The van der Waals surface area contributed by atoms with E-state index >= 15 is 0 Å². The van der Waals surface area contributed by atoms with Crippen molar-refractivity contribution in [2.75, 3.05) is 26.2 Å². The van der Waals surface area contributed by atoms with Crippen molar-refractivity contribution in [2.24, 2.45) is 5.92 Å². The third-order valence-corrected chi connectivity index (χ3v) is 8.22. The zero-order valence-electron chi connectivity index (χ0n) is 17.1. The summed E-state index contributed by atoms with van der Waals surface area (Å²) in [5.41, 5.74) is 0.959. The molecule has 2 aliphatic heterocycles. The standard InChI is InChI=1S/C20H23N5O4S2/c1-2-4-18(26)21-15-9-10-24(13-15)20(27)14-7-11-25(12-8-14)31(28,29)17-6-3-5-16-19(17)23-30-22-16/h3,5-6,14-15H,7-13H2,1H3,(H,21,26). The summed E-state index contributed by atoms with van der Waals surface area (Å²) >= 11 is 0.988. The summed E-state index contributed by atoms with van der Waals surface area (Å²) in [6.07, 6.45) is 1.64. The van der Waals surface area contributed by atoms with Crippen molar-refractivity contribution in [3.05, 3.63) is 18.2 Å². The van der Waals surface area contributed by atoms with Crippen molar-refractivity contribution in [3.63, 3.8) is 0 Å². The minimum Gasteiger partial charge on any atom is -0.341 e. The van der Waals surface area contributed by atoms with Gasteiger partial charge in [0.05, 0.1) is 11.7 Å². The SMILES string of the molecule is CC#CC(=O)NC1CCN(C(=O)C2CCN(S(=O)(=O)c3cccc4nsnc34)CC2)C1. The van der Waals surface area contributed by atoms with Crippen LogP contribution in [0, 0.1) is 17.8 Å². The third-order valence-electron chi connectivity index (χ3n) is 5.74. The molecule has 11 heteroatoms. The number of aromatic nitrogens is 2. The van der Waals surface area contributed by atoms with Gasteiger partial charge in [0, 0.05) is 38.1 Å². The predicted molar refractivity (Wildman–Crippen MR) is 115 cm³/mol. The molecule has 31 heavy (non-hydrogen) atoms. The maximum Gasteiger partial charge on any atom is 0.296 e. The topological polar surface area (TPSA) is 113 Å². The molecule has 0 aliphatic carbocycles. The van der Waals surface area contributed by atoms with Gasteiger partial charge in [-0.1, -0.05) is 12.0 Å². The van der Waals surface area contributed by atoms with Gasteiger partial charge in [-0.3, -0.25) is 9.59 Å². The van der Waals surface area contributed by atoms with Crippen molar-refractivity contribution in [3.8, 4) is 11.8 Å². The smallest absolute Gasteiger partial charge is 0.296 e. The van der Waals surface area contributed by atoms with Crippen molar-refractivity contribution in [2.45, 2.75) is 37.1 Å². The van der Waals surface area contributed by atoms with Gasteiger partial charge < -0.3 is 10.2 Å². The number of nitrogens with zero attached hydrogens (tertiary/aromatic N) is 4. The number of hydrogen-bond donors (Lipinski definition) is 1. The Morgan fingerprint density at radius 2 is 1.94 bits per heavy atom. The molecule has 1 aromatic carbocycles. The maximum absolute atomic E-state index is 13.1. The Balaban J connectivity index is 1.36. The van der Waals surface area contributed by atoms with Gasteiger partial charge in [-0.15, -0.1) is 0 Å². The zero-order chi connectivity index (χ0) is 22.0. The van der Waals surface area contributed by atoms with Crippen LogP contribution in [0.2, 0.25) is 0 Å². The number of carbonyl (C=O) groups excluding carboxylic acids is 2.